The minimum Gasteiger partial charge on any atom is -0.497 e. The molecule has 0 aliphatic carbocycles. The van der Waals surface area contributed by atoms with E-state index in [0.29, 0.717) is 12.2 Å². The smallest absolute Gasteiger partial charge is 0.244 e. The van der Waals surface area contributed by atoms with Crippen LogP contribution in [-0.4, -0.2) is 33.7 Å². The lowest BCUT2D eigenvalue weighted by molar-refractivity contribution is -0.122. The normalized spacial score (nSPS) is 13.5. The summed E-state index contributed by atoms with van der Waals surface area (Å²) >= 11 is 0. The van der Waals surface area contributed by atoms with E-state index in [1.54, 1.807) is 19.2 Å². The summed E-state index contributed by atoms with van der Waals surface area (Å²) in [7, 11) is -2.40. The zero-order valence-electron chi connectivity index (χ0n) is 18.2. The molecule has 0 aliphatic rings. The standard InChI is InChI=1S/C22H28F2N2O4S/c1-14(2)12-21(16-6-9-18(30-4)10-7-16)25-22(27)15(3)26(31(5,28)29)17-8-11-19(23)20(24)13-17/h6-11,13-15,21H,12H2,1-5H3,(H,25,27)/t15-,21-/m0/s1. The van der Waals surface area contributed by atoms with Crippen molar-refractivity contribution in [2.45, 2.75) is 39.3 Å². The van der Waals surface area contributed by atoms with E-state index >= 15 is 0 Å². The quantitative estimate of drug-likeness (QED) is 0.621. The van der Waals surface area contributed by atoms with E-state index in [0.717, 1.165) is 34.3 Å². The van der Waals surface area contributed by atoms with Crippen LogP contribution >= 0.6 is 0 Å². The number of halogens is 2. The van der Waals surface area contributed by atoms with Gasteiger partial charge in [0.15, 0.2) is 11.6 Å². The van der Waals surface area contributed by atoms with Gasteiger partial charge in [0, 0.05) is 6.07 Å². The fraction of sp³-hybridized carbons (Fsp3) is 0.409. The number of nitrogens with zero attached hydrogens (tertiary/aromatic N) is 1. The van der Waals surface area contributed by atoms with Gasteiger partial charge in [-0.2, -0.15) is 0 Å². The number of ether oxygens (including phenoxy) is 1. The predicted molar refractivity (Wildman–Crippen MR) is 116 cm³/mol. The third kappa shape index (κ3) is 6.40. The molecular weight excluding hydrogens is 426 g/mol. The molecule has 0 unspecified atom stereocenters. The Labute approximate surface area is 182 Å². The number of methoxy groups -OCH3 is 1. The zero-order chi connectivity index (χ0) is 23.3. The molecule has 31 heavy (non-hydrogen) atoms. The highest BCUT2D eigenvalue weighted by molar-refractivity contribution is 7.92. The molecule has 1 N–H and O–H groups in total. The van der Waals surface area contributed by atoms with E-state index in [1.165, 1.54) is 6.92 Å². The first-order valence-corrected chi connectivity index (χ1v) is 11.7. The molecule has 9 heteroatoms. The van der Waals surface area contributed by atoms with E-state index in [1.807, 2.05) is 26.0 Å². The van der Waals surface area contributed by atoms with E-state index < -0.39 is 33.6 Å². The summed E-state index contributed by atoms with van der Waals surface area (Å²) in [5, 5.41) is 2.90. The fourth-order valence-corrected chi connectivity index (χ4v) is 4.48. The number of carbonyl (C=O) groups is 1. The number of amides is 1. The van der Waals surface area contributed by atoms with Crippen LogP contribution in [0.15, 0.2) is 42.5 Å². The number of carbonyl (C=O) groups excluding carboxylic acids is 1. The minimum absolute atomic E-state index is 0.131. The number of hydrogen-bond donors (Lipinski definition) is 1. The monoisotopic (exact) mass is 454 g/mol. The zero-order valence-corrected chi connectivity index (χ0v) is 19.0. The largest absolute Gasteiger partial charge is 0.497 e. The Morgan fingerprint density at radius 1 is 1.06 bits per heavy atom. The van der Waals surface area contributed by atoms with Gasteiger partial charge in [-0.15, -0.1) is 0 Å². The highest BCUT2D eigenvalue weighted by Gasteiger charge is 2.31. The van der Waals surface area contributed by atoms with Gasteiger partial charge < -0.3 is 10.1 Å². The van der Waals surface area contributed by atoms with Crippen LogP contribution in [0.5, 0.6) is 5.75 Å². The van der Waals surface area contributed by atoms with Gasteiger partial charge >= 0.3 is 0 Å². The predicted octanol–water partition coefficient (Wildman–Crippen LogP) is 4.03. The molecule has 0 saturated heterocycles. The highest BCUT2D eigenvalue weighted by atomic mass is 32.2. The first kappa shape index (κ1) is 24.6. The van der Waals surface area contributed by atoms with E-state index in [4.69, 9.17) is 4.74 Å². The first-order chi connectivity index (χ1) is 14.4. The number of rotatable bonds is 9. The molecule has 0 bridgehead atoms. The topological polar surface area (TPSA) is 75.7 Å². The van der Waals surface area contributed by atoms with Crippen LogP contribution in [0.3, 0.4) is 0 Å². The Morgan fingerprint density at radius 2 is 1.68 bits per heavy atom. The summed E-state index contributed by atoms with van der Waals surface area (Å²) < 4.78 is 57.8. The van der Waals surface area contributed by atoms with Gasteiger partial charge in [0.25, 0.3) is 0 Å². The summed E-state index contributed by atoms with van der Waals surface area (Å²) in [5.74, 6) is -1.94. The van der Waals surface area contributed by atoms with Crippen LogP contribution in [0, 0.1) is 17.6 Å². The number of hydrogen-bond acceptors (Lipinski definition) is 4. The van der Waals surface area contributed by atoms with Crippen molar-refractivity contribution in [3.63, 3.8) is 0 Å². The molecule has 170 valence electrons. The van der Waals surface area contributed by atoms with Gasteiger partial charge in [-0.05, 0) is 49.1 Å². The molecule has 0 heterocycles. The summed E-state index contributed by atoms with van der Waals surface area (Å²) in [5.41, 5.74) is 0.711. The van der Waals surface area contributed by atoms with Gasteiger partial charge in [-0.25, -0.2) is 17.2 Å². The first-order valence-electron chi connectivity index (χ1n) is 9.82. The molecule has 1 amide bonds. The summed E-state index contributed by atoms with van der Waals surface area (Å²) in [6.07, 6.45) is 1.53. The van der Waals surface area contributed by atoms with Crippen molar-refractivity contribution in [3.05, 3.63) is 59.7 Å². The molecule has 2 rings (SSSR count). The second-order valence-electron chi connectivity index (χ2n) is 7.80. The van der Waals surface area contributed by atoms with Gasteiger partial charge in [0.1, 0.15) is 11.8 Å². The third-order valence-electron chi connectivity index (χ3n) is 4.79. The van der Waals surface area contributed by atoms with Crippen molar-refractivity contribution >= 4 is 21.6 Å². The fourth-order valence-electron chi connectivity index (χ4n) is 3.31. The Hall–Kier alpha value is -2.68. The molecule has 0 aromatic heterocycles. The van der Waals surface area contributed by atoms with Gasteiger partial charge in [-0.3, -0.25) is 9.10 Å². The minimum atomic E-state index is -3.96. The average molecular weight is 455 g/mol. The van der Waals surface area contributed by atoms with Crippen LogP contribution < -0.4 is 14.4 Å². The molecule has 0 fully saturated rings. The van der Waals surface area contributed by atoms with Crippen LogP contribution in [0.2, 0.25) is 0 Å². The number of benzene rings is 2. The molecule has 0 saturated carbocycles. The third-order valence-corrected chi connectivity index (χ3v) is 6.03. The number of sulfonamides is 1. The molecule has 6 nitrogen and oxygen atoms in total. The van der Waals surface area contributed by atoms with Crippen molar-refractivity contribution in [2.75, 3.05) is 17.7 Å². The summed E-state index contributed by atoms with van der Waals surface area (Å²) in [4.78, 5) is 13.0. The molecule has 0 aliphatic heterocycles. The Bertz CT molecular complexity index is 1010. The molecule has 2 aromatic carbocycles. The second kappa shape index (κ2) is 10.1. The van der Waals surface area contributed by atoms with Gasteiger partial charge in [-0.1, -0.05) is 26.0 Å². The molecule has 0 radical (unpaired) electrons. The Morgan fingerprint density at radius 3 is 2.16 bits per heavy atom. The summed E-state index contributed by atoms with van der Waals surface area (Å²) in [6.45, 7) is 5.42. The lowest BCUT2D eigenvalue weighted by Gasteiger charge is -2.30. The maximum Gasteiger partial charge on any atom is 0.244 e. The van der Waals surface area contributed by atoms with E-state index in [9.17, 15) is 22.0 Å². The lowest BCUT2D eigenvalue weighted by atomic mass is 9.96. The Kier molecular flexibility index (Phi) is 8.00. The summed E-state index contributed by atoms with van der Waals surface area (Å²) in [6, 6.07) is 8.38. The maximum absolute atomic E-state index is 13.7. The van der Waals surface area contributed by atoms with Crippen molar-refractivity contribution < 1.29 is 26.7 Å². The van der Waals surface area contributed by atoms with Crippen molar-refractivity contribution in [1.82, 2.24) is 5.32 Å². The maximum atomic E-state index is 13.7. The number of anilines is 1. The van der Waals surface area contributed by atoms with Crippen molar-refractivity contribution in [2.24, 2.45) is 5.92 Å². The SMILES string of the molecule is COc1ccc([C@H](CC(C)C)NC(=O)[C@H](C)N(c2ccc(F)c(F)c2)S(C)(=O)=O)cc1. The molecule has 2 atom stereocenters. The Balaban J connectivity index is 2.33. The van der Waals surface area contributed by atoms with Gasteiger partial charge in [0.05, 0.1) is 25.1 Å². The number of nitrogens with one attached hydrogen (secondary N) is 1. The average Bonchev–Trinajstić information content (AvgIpc) is 2.69. The lowest BCUT2D eigenvalue weighted by Crippen LogP contribution is -2.48. The highest BCUT2D eigenvalue weighted by Crippen LogP contribution is 2.26. The van der Waals surface area contributed by atoms with Crippen LogP contribution in [0.1, 0.15) is 38.8 Å². The molecule has 0 spiro atoms. The van der Waals surface area contributed by atoms with Crippen LogP contribution in [-0.2, 0) is 14.8 Å². The van der Waals surface area contributed by atoms with Crippen LogP contribution in [0.4, 0.5) is 14.5 Å². The second-order valence-corrected chi connectivity index (χ2v) is 9.66. The van der Waals surface area contributed by atoms with Crippen molar-refractivity contribution in [1.29, 1.82) is 0 Å². The molecular formula is C22H28F2N2O4S. The van der Waals surface area contributed by atoms with Gasteiger partial charge in [0.2, 0.25) is 15.9 Å². The van der Waals surface area contributed by atoms with Crippen molar-refractivity contribution in [3.8, 4) is 5.75 Å². The van der Waals surface area contributed by atoms with E-state index in [-0.39, 0.29) is 17.6 Å². The van der Waals surface area contributed by atoms with E-state index in [2.05, 4.69) is 5.32 Å². The van der Waals surface area contributed by atoms with Crippen LogP contribution in [0.25, 0.3) is 0 Å². The molecule has 2 aromatic rings.